The molecule has 0 fully saturated rings. The van der Waals surface area contributed by atoms with E-state index in [2.05, 4.69) is 15.3 Å². The first kappa shape index (κ1) is 14.1. The molecule has 106 valence electrons. The number of aromatic amines is 1. The van der Waals surface area contributed by atoms with Gasteiger partial charge in [-0.25, -0.2) is 4.98 Å². The average molecular weight is 273 g/mol. The van der Waals surface area contributed by atoms with Crippen molar-refractivity contribution in [1.82, 2.24) is 15.3 Å². The Bertz CT molecular complexity index is 571. The molecule has 5 nitrogen and oxygen atoms in total. The average Bonchev–Trinajstić information content (AvgIpc) is 2.88. The zero-order chi connectivity index (χ0) is 14.6. The first-order chi connectivity index (χ1) is 9.44. The van der Waals surface area contributed by atoms with Crippen LogP contribution in [0, 0.1) is 0 Å². The van der Waals surface area contributed by atoms with E-state index in [1.54, 1.807) is 0 Å². The number of hydrogen-bond donors (Lipinski definition) is 2. The summed E-state index contributed by atoms with van der Waals surface area (Å²) >= 11 is 0. The minimum Gasteiger partial charge on any atom is -0.488 e. The van der Waals surface area contributed by atoms with E-state index in [4.69, 9.17) is 4.74 Å². The van der Waals surface area contributed by atoms with Crippen LogP contribution < -0.4 is 10.1 Å². The lowest BCUT2D eigenvalue weighted by molar-refractivity contribution is 0.0946. The number of H-pyrrole nitrogens is 1. The highest BCUT2D eigenvalue weighted by molar-refractivity contribution is 5.91. The standard InChI is InChI=1S/C15H19N3O2/c1-15(2,3)20-12-6-4-5-11(7-12)8-17-14(19)13-9-16-10-18-13/h4-7,9-10H,8H2,1-3H3,(H,16,18)(H,17,19). The lowest BCUT2D eigenvalue weighted by atomic mass is 10.1. The molecule has 0 aliphatic carbocycles. The van der Waals surface area contributed by atoms with Crippen molar-refractivity contribution in [2.45, 2.75) is 32.9 Å². The zero-order valence-corrected chi connectivity index (χ0v) is 11.9. The molecule has 1 aromatic carbocycles. The molecule has 5 heteroatoms. The summed E-state index contributed by atoms with van der Waals surface area (Å²) in [6.07, 6.45) is 2.97. The summed E-state index contributed by atoms with van der Waals surface area (Å²) in [7, 11) is 0. The van der Waals surface area contributed by atoms with E-state index in [1.165, 1.54) is 12.5 Å². The van der Waals surface area contributed by atoms with Crippen LogP contribution in [0.15, 0.2) is 36.8 Å². The monoisotopic (exact) mass is 273 g/mol. The maximum absolute atomic E-state index is 11.8. The highest BCUT2D eigenvalue weighted by Gasteiger charge is 2.12. The number of ether oxygens (including phenoxy) is 1. The van der Waals surface area contributed by atoms with Gasteiger partial charge in [0.15, 0.2) is 0 Å². The lowest BCUT2D eigenvalue weighted by Crippen LogP contribution is -2.24. The van der Waals surface area contributed by atoms with E-state index in [0.717, 1.165) is 11.3 Å². The van der Waals surface area contributed by atoms with E-state index in [-0.39, 0.29) is 11.5 Å². The van der Waals surface area contributed by atoms with Crippen molar-refractivity contribution in [2.24, 2.45) is 0 Å². The molecular weight excluding hydrogens is 254 g/mol. The van der Waals surface area contributed by atoms with E-state index in [1.807, 2.05) is 45.0 Å². The van der Waals surface area contributed by atoms with Gasteiger partial charge in [-0.2, -0.15) is 0 Å². The van der Waals surface area contributed by atoms with Gasteiger partial charge >= 0.3 is 0 Å². The minimum absolute atomic E-state index is 0.176. The molecule has 0 atom stereocenters. The van der Waals surface area contributed by atoms with Crippen molar-refractivity contribution in [3.05, 3.63) is 48.0 Å². The first-order valence-corrected chi connectivity index (χ1v) is 6.48. The van der Waals surface area contributed by atoms with Crippen LogP contribution in [0.1, 0.15) is 36.8 Å². The second-order valence-electron chi connectivity index (χ2n) is 5.51. The van der Waals surface area contributed by atoms with Crippen molar-refractivity contribution in [3.63, 3.8) is 0 Å². The number of aromatic nitrogens is 2. The van der Waals surface area contributed by atoms with Gasteiger partial charge in [-0.15, -0.1) is 0 Å². The molecule has 2 N–H and O–H groups in total. The van der Waals surface area contributed by atoms with Crippen LogP contribution in [-0.2, 0) is 6.54 Å². The Labute approximate surface area is 118 Å². The Kier molecular flexibility index (Phi) is 4.08. The number of carbonyl (C=O) groups is 1. The van der Waals surface area contributed by atoms with Crippen molar-refractivity contribution in [1.29, 1.82) is 0 Å². The second kappa shape index (κ2) is 5.77. The molecule has 0 aliphatic heterocycles. The van der Waals surface area contributed by atoms with Gasteiger partial charge in [0.1, 0.15) is 17.0 Å². The molecule has 2 rings (SSSR count). The third-order valence-corrected chi connectivity index (χ3v) is 2.52. The van der Waals surface area contributed by atoms with Gasteiger partial charge < -0.3 is 15.0 Å². The number of nitrogens with one attached hydrogen (secondary N) is 2. The quantitative estimate of drug-likeness (QED) is 0.899. The fourth-order valence-corrected chi connectivity index (χ4v) is 1.73. The molecule has 0 radical (unpaired) electrons. The Morgan fingerprint density at radius 2 is 2.20 bits per heavy atom. The summed E-state index contributed by atoms with van der Waals surface area (Å²) in [6, 6.07) is 7.70. The van der Waals surface area contributed by atoms with Gasteiger partial charge in [-0.05, 0) is 38.5 Å². The molecule has 0 saturated heterocycles. The Hall–Kier alpha value is -2.30. The maximum atomic E-state index is 11.8. The van der Waals surface area contributed by atoms with Gasteiger partial charge in [0.2, 0.25) is 0 Å². The molecular formula is C15H19N3O2. The number of benzene rings is 1. The molecule has 0 spiro atoms. The van der Waals surface area contributed by atoms with E-state index in [0.29, 0.717) is 12.2 Å². The highest BCUT2D eigenvalue weighted by Crippen LogP contribution is 2.19. The summed E-state index contributed by atoms with van der Waals surface area (Å²) in [4.78, 5) is 18.4. The maximum Gasteiger partial charge on any atom is 0.269 e. The number of imidazole rings is 1. The second-order valence-corrected chi connectivity index (χ2v) is 5.51. The Morgan fingerprint density at radius 3 is 2.85 bits per heavy atom. The first-order valence-electron chi connectivity index (χ1n) is 6.48. The van der Waals surface area contributed by atoms with E-state index in [9.17, 15) is 4.79 Å². The van der Waals surface area contributed by atoms with Gasteiger partial charge in [-0.1, -0.05) is 12.1 Å². The molecule has 0 aliphatic rings. The van der Waals surface area contributed by atoms with Crippen LogP contribution in [0.4, 0.5) is 0 Å². The number of carbonyl (C=O) groups excluding carboxylic acids is 1. The summed E-state index contributed by atoms with van der Waals surface area (Å²) in [5.74, 6) is 0.621. The summed E-state index contributed by atoms with van der Waals surface area (Å²) in [5, 5.41) is 2.83. The van der Waals surface area contributed by atoms with Crippen LogP contribution in [0.25, 0.3) is 0 Å². The van der Waals surface area contributed by atoms with Crippen LogP contribution in [0.2, 0.25) is 0 Å². The molecule has 1 heterocycles. The summed E-state index contributed by atoms with van der Waals surface area (Å²) < 4.78 is 5.79. The van der Waals surface area contributed by atoms with Gasteiger partial charge in [0, 0.05) is 6.54 Å². The van der Waals surface area contributed by atoms with E-state index >= 15 is 0 Å². The third-order valence-electron chi connectivity index (χ3n) is 2.52. The third kappa shape index (κ3) is 4.12. The predicted octanol–water partition coefficient (Wildman–Crippen LogP) is 2.52. The topological polar surface area (TPSA) is 67.0 Å². The van der Waals surface area contributed by atoms with Gasteiger partial charge in [0.25, 0.3) is 5.91 Å². The van der Waals surface area contributed by atoms with Crippen molar-refractivity contribution in [2.75, 3.05) is 0 Å². The number of amides is 1. The molecule has 1 amide bonds. The minimum atomic E-state index is -0.238. The van der Waals surface area contributed by atoms with Crippen LogP contribution in [0.5, 0.6) is 5.75 Å². The highest BCUT2D eigenvalue weighted by atomic mass is 16.5. The van der Waals surface area contributed by atoms with Crippen LogP contribution in [-0.4, -0.2) is 21.5 Å². The summed E-state index contributed by atoms with van der Waals surface area (Å²) in [5.41, 5.74) is 1.20. The number of nitrogens with zero attached hydrogens (tertiary/aromatic N) is 1. The largest absolute Gasteiger partial charge is 0.488 e. The SMILES string of the molecule is CC(C)(C)Oc1cccc(CNC(=O)c2cnc[nH]2)c1. The molecule has 20 heavy (non-hydrogen) atoms. The molecule has 0 unspecified atom stereocenters. The van der Waals surface area contributed by atoms with Crippen LogP contribution >= 0.6 is 0 Å². The van der Waals surface area contributed by atoms with Gasteiger partial charge in [0.05, 0.1) is 12.5 Å². The van der Waals surface area contributed by atoms with Crippen molar-refractivity contribution < 1.29 is 9.53 Å². The lowest BCUT2D eigenvalue weighted by Gasteiger charge is -2.21. The fourth-order valence-electron chi connectivity index (χ4n) is 1.73. The Balaban J connectivity index is 1.96. The van der Waals surface area contributed by atoms with Crippen molar-refractivity contribution >= 4 is 5.91 Å². The predicted molar refractivity (Wildman–Crippen MR) is 76.6 cm³/mol. The van der Waals surface area contributed by atoms with Crippen LogP contribution in [0.3, 0.4) is 0 Å². The number of rotatable bonds is 4. The normalized spacial score (nSPS) is 11.2. The molecule has 1 aromatic heterocycles. The summed E-state index contributed by atoms with van der Waals surface area (Å²) in [6.45, 7) is 6.44. The van der Waals surface area contributed by atoms with Crippen molar-refractivity contribution in [3.8, 4) is 5.75 Å². The molecule has 0 bridgehead atoms. The molecule has 0 saturated carbocycles. The fraction of sp³-hybridized carbons (Fsp3) is 0.333. The zero-order valence-electron chi connectivity index (χ0n) is 11.9. The van der Waals surface area contributed by atoms with Gasteiger partial charge in [-0.3, -0.25) is 4.79 Å². The number of hydrogen-bond acceptors (Lipinski definition) is 3. The molecule has 2 aromatic rings. The smallest absolute Gasteiger partial charge is 0.269 e. The Morgan fingerprint density at radius 1 is 1.40 bits per heavy atom. The van der Waals surface area contributed by atoms with E-state index < -0.39 is 0 Å².